The van der Waals surface area contributed by atoms with Crippen molar-refractivity contribution in [2.75, 3.05) is 25.0 Å². The third kappa shape index (κ3) is 2.97. The van der Waals surface area contributed by atoms with E-state index in [4.69, 9.17) is 4.74 Å². The molecule has 3 rings (SSSR count). The highest BCUT2D eigenvalue weighted by Crippen LogP contribution is 2.30. The molecule has 1 atom stereocenters. The predicted octanol–water partition coefficient (Wildman–Crippen LogP) is 2.83. The summed E-state index contributed by atoms with van der Waals surface area (Å²) in [5.74, 6) is 0.855. The first kappa shape index (κ1) is 14.9. The van der Waals surface area contributed by atoms with Crippen LogP contribution in [0.4, 0.5) is 5.69 Å². The highest BCUT2D eigenvalue weighted by Gasteiger charge is 2.16. The monoisotopic (exact) mass is 293 g/mol. The maximum Gasteiger partial charge on any atom is 0.145 e. The van der Waals surface area contributed by atoms with E-state index in [1.807, 2.05) is 25.3 Å². The molecule has 0 amide bonds. The van der Waals surface area contributed by atoms with Crippen molar-refractivity contribution in [2.24, 2.45) is 0 Å². The minimum atomic E-state index is 0. The largest absolute Gasteiger partial charge is 0.492 e. The topological polar surface area (TPSA) is 46.2 Å². The van der Waals surface area contributed by atoms with Gasteiger partial charge in [0.2, 0.25) is 0 Å². The Morgan fingerprint density at radius 2 is 2.30 bits per heavy atom. The van der Waals surface area contributed by atoms with Crippen LogP contribution in [0.3, 0.4) is 0 Å². The number of anilines is 1. The van der Waals surface area contributed by atoms with Crippen LogP contribution in [0.15, 0.2) is 30.5 Å². The van der Waals surface area contributed by atoms with Gasteiger partial charge in [0.05, 0.1) is 6.61 Å². The first-order valence-electron chi connectivity index (χ1n) is 6.86. The van der Waals surface area contributed by atoms with E-state index in [-0.39, 0.29) is 12.4 Å². The number of benzene rings is 1. The van der Waals surface area contributed by atoms with Gasteiger partial charge in [-0.25, -0.2) is 0 Å². The van der Waals surface area contributed by atoms with Crippen LogP contribution < -0.4 is 15.4 Å². The summed E-state index contributed by atoms with van der Waals surface area (Å²) in [6.07, 6.45) is 2.97. The lowest BCUT2D eigenvalue weighted by atomic mass is 10.1. The number of nitrogens with zero attached hydrogens (tertiary/aromatic N) is 1. The van der Waals surface area contributed by atoms with E-state index in [9.17, 15) is 0 Å². The zero-order valence-corrected chi connectivity index (χ0v) is 12.4. The van der Waals surface area contributed by atoms with Gasteiger partial charge in [-0.1, -0.05) is 0 Å². The smallest absolute Gasteiger partial charge is 0.145 e. The normalized spacial score (nSPS) is 17.8. The van der Waals surface area contributed by atoms with Crippen LogP contribution >= 0.6 is 12.4 Å². The molecule has 1 aliphatic rings. The predicted molar refractivity (Wildman–Crippen MR) is 85.1 cm³/mol. The van der Waals surface area contributed by atoms with E-state index < -0.39 is 0 Å². The van der Waals surface area contributed by atoms with E-state index >= 15 is 0 Å². The summed E-state index contributed by atoms with van der Waals surface area (Å²) >= 11 is 0. The fourth-order valence-corrected chi connectivity index (χ4v) is 2.54. The number of pyridine rings is 1. The van der Waals surface area contributed by atoms with Gasteiger partial charge >= 0.3 is 0 Å². The lowest BCUT2D eigenvalue weighted by Crippen LogP contribution is -2.22. The molecule has 0 radical (unpaired) electrons. The van der Waals surface area contributed by atoms with Crippen LogP contribution in [0.25, 0.3) is 10.9 Å². The molecule has 0 unspecified atom stereocenters. The van der Waals surface area contributed by atoms with Gasteiger partial charge in [-0.05, 0) is 44.2 Å². The molecule has 1 aromatic heterocycles. The first-order chi connectivity index (χ1) is 9.38. The van der Waals surface area contributed by atoms with Gasteiger partial charge in [0.1, 0.15) is 11.3 Å². The molecule has 1 aliphatic heterocycles. The molecule has 0 aliphatic carbocycles. The van der Waals surface area contributed by atoms with Crippen LogP contribution in [0.1, 0.15) is 13.3 Å². The molecule has 2 N–H and O–H groups in total. The number of ether oxygens (including phenoxy) is 1. The molecule has 1 saturated heterocycles. The van der Waals surface area contributed by atoms with Crippen molar-refractivity contribution < 1.29 is 4.74 Å². The molecule has 108 valence electrons. The summed E-state index contributed by atoms with van der Waals surface area (Å²) in [7, 11) is 0. The molecular formula is C15H20ClN3O. The number of halogens is 1. The van der Waals surface area contributed by atoms with Crippen molar-refractivity contribution in [3.05, 3.63) is 30.5 Å². The summed E-state index contributed by atoms with van der Waals surface area (Å²) < 4.78 is 5.64. The Kier molecular flexibility index (Phi) is 5.04. The highest BCUT2D eigenvalue weighted by atomic mass is 35.5. The minimum Gasteiger partial charge on any atom is -0.492 e. The van der Waals surface area contributed by atoms with Gasteiger partial charge in [0.15, 0.2) is 0 Å². The van der Waals surface area contributed by atoms with E-state index in [1.54, 1.807) is 0 Å². The van der Waals surface area contributed by atoms with E-state index in [2.05, 4.69) is 27.8 Å². The van der Waals surface area contributed by atoms with Crippen molar-refractivity contribution in [2.45, 2.75) is 19.4 Å². The zero-order valence-electron chi connectivity index (χ0n) is 11.6. The van der Waals surface area contributed by atoms with Crippen molar-refractivity contribution in [3.63, 3.8) is 0 Å². The molecule has 0 bridgehead atoms. The number of nitrogens with one attached hydrogen (secondary N) is 2. The molecule has 0 saturated carbocycles. The maximum absolute atomic E-state index is 5.64. The van der Waals surface area contributed by atoms with Crippen molar-refractivity contribution in [1.82, 2.24) is 10.3 Å². The average Bonchev–Trinajstić information content (AvgIpc) is 2.95. The minimum absolute atomic E-state index is 0. The molecule has 5 heteroatoms. The quantitative estimate of drug-likeness (QED) is 0.910. The number of aromatic nitrogens is 1. The van der Waals surface area contributed by atoms with Crippen molar-refractivity contribution in [3.8, 4) is 5.75 Å². The van der Waals surface area contributed by atoms with Gasteiger partial charge < -0.3 is 15.4 Å². The Morgan fingerprint density at radius 3 is 3.05 bits per heavy atom. The highest BCUT2D eigenvalue weighted by molar-refractivity contribution is 5.95. The lowest BCUT2D eigenvalue weighted by molar-refractivity contribution is 0.343. The van der Waals surface area contributed by atoms with Crippen LogP contribution in [0.2, 0.25) is 0 Å². The standard InChI is InChI=1S/C15H19N3O.ClH/c1-2-19-14-6-5-13(18-11-7-9-16-10-11)12-4-3-8-17-15(12)14;/h3-6,8,11,16,18H,2,7,9-10H2,1H3;1H/t11-;/m0./s1. The molecule has 2 aromatic rings. The van der Waals surface area contributed by atoms with Gasteiger partial charge in [0, 0.05) is 29.9 Å². The molecule has 1 aromatic carbocycles. The summed E-state index contributed by atoms with van der Waals surface area (Å²) in [5, 5.41) is 8.09. The average molecular weight is 294 g/mol. The fourth-order valence-electron chi connectivity index (χ4n) is 2.54. The SMILES string of the molecule is CCOc1ccc(N[C@H]2CCNC2)c2cccnc12.Cl. The van der Waals surface area contributed by atoms with Crippen molar-refractivity contribution in [1.29, 1.82) is 0 Å². The van der Waals surface area contributed by atoms with E-state index in [0.29, 0.717) is 12.6 Å². The third-order valence-electron chi connectivity index (χ3n) is 3.45. The van der Waals surface area contributed by atoms with Crippen LogP contribution in [-0.2, 0) is 0 Å². The zero-order chi connectivity index (χ0) is 13.1. The van der Waals surface area contributed by atoms with Gasteiger partial charge in [-0.3, -0.25) is 4.98 Å². The molecule has 1 fully saturated rings. The molecular weight excluding hydrogens is 274 g/mol. The van der Waals surface area contributed by atoms with Crippen LogP contribution in [-0.4, -0.2) is 30.7 Å². The summed E-state index contributed by atoms with van der Waals surface area (Å²) in [5.41, 5.74) is 2.07. The summed E-state index contributed by atoms with van der Waals surface area (Å²) in [6, 6.07) is 8.66. The Bertz CT molecular complexity index is 570. The number of hydrogen-bond acceptors (Lipinski definition) is 4. The van der Waals surface area contributed by atoms with E-state index in [0.717, 1.165) is 41.9 Å². The second kappa shape index (κ2) is 6.77. The lowest BCUT2D eigenvalue weighted by Gasteiger charge is -2.16. The summed E-state index contributed by atoms with van der Waals surface area (Å²) in [6.45, 7) is 4.76. The van der Waals surface area contributed by atoms with Gasteiger partial charge in [-0.2, -0.15) is 0 Å². The number of fused-ring (bicyclic) bond motifs is 1. The number of rotatable bonds is 4. The molecule has 20 heavy (non-hydrogen) atoms. The maximum atomic E-state index is 5.64. The second-order valence-electron chi connectivity index (χ2n) is 4.78. The third-order valence-corrected chi connectivity index (χ3v) is 3.45. The van der Waals surface area contributed by atoms with Gasteiger partial charge in [0.25, 0.3) is 0 Å². The van der Waals surface area contributed by atoms with E-state index in [1.165, 1.54) is 0 Å². The van der Waals surface area contributed by atoms with Crippen molar-refractivity contribution >= 4 is 29.0 Å². The molecule has 0 spiro atoms. The molecule has 2 heterocycles. The Labute approximate surface area is 125 Å². The molecule has 4 nitrogen and oxygen atoms in total. The van der Waals surface area contributed by atoms with Crippen LogP contribution in [0.5, 0.6) is 5.75 Å². The first-order valence-corrected chi connectivity index (χ1v) is 6.86. The Balaban J connectivity index is 0.00000147. The van der Waals surface area contributed by atoms with Crippen LogP contribution in [0, 0.1) is 0 Å². The van der Waals surface area contributed by atoms with Gasteiger partial charge in [-0.15, -0.1) is 12.4 Å². The fraction of sp³-hybridized carbons (Fsp3) is 0.400. The second-order valence-corrected chi connectivity index (χ2v) is 4.78. The number of hydrogen-bond donors (Lipinski definition) is 2. The summed E-state index contributed by atoms with van der Waals surface area (Å²) in [4.78, 5) is 4.45. The Hall–Kier alpha value is -1.52. The Morgan fingerprint density at radius 1 is 1.40 bits per heavy atom.